The van der Waals surface area contributed by atoms with Crippen LogP contribution < -0.4 is 0 Å². The van der Waals surface area contributed by atoms with Crippen molar-refractivity contribution in [1.29, 1.82) is 0 Å². The molecule has 0 saturated carbocycles. The van der Waals surface area contributed by atoms with Gasteiger partial charge >= 0.3 is 12.1 Å². The first-order valence-corrected chi connectivity index (χ1v) is 11.1. The third kappa shape index (κ3) is 14.2. The van der Waals surface area contributed by atoms with Gasteiger partial charge in [-0.3, -0.25) is 4.79 Å². The van der Waals surface area contributed by atoms with Gasteiger partial charge in [0.25, 0.3) is 0 Å². The predicted molar refractivity (Wildman–Crippen MR) is 113 cm³/mol. The van der Waals surface area contributed by atoms with Crippen LogP contribution in [0, 0.1) is 0 Å². The molecule has 0 aromatic heterocycles. The number of carbonyl (C=O) groups is 2. The van der Waals surface area contributed by atoms with Gasteiger partial charge in [0, 0.05) is 6.42 Å². The van der Waals surface area contributed by atoms with Crippen LogP contribution in [-0.2, 0) is 20.7 Å². The normalized spacial score (nSPS) is 10.6. The van der Waals surface area contributed by atoms with Crippen LogP contribution in [0.25, 0.3) is 0 Å². The second kappa shape index (κ2) is 17.3. The number of benzene rings is 1. The van der Waals surface area contributed by atoms with Gasteiger partial charge in [-0.05, 0) is 31.7 Å². The summed E-state index contributed by atoms with van der Waals surface area (Å²) >= 11 is 0. The Morgan fingerprint density at radius 2 is 1.21 bits per heavy atom. The van der Waals surface area contributed by atoms with Crippen LogP contribution in [0.15, 0.2) is 30.3 Å². The molecule has 0 unspecified atom stereocenters. The minimum Gasteiger partial charge on any atom is -0.434 e. The molecule has 1 aromatic rings. The van der Waals surface area contributed by atoms with Crippen molar-refractivity contribution < 1.29 is 19.1 Å². The predicted octanol–water partition coefficient (Wildman–Crippen LogP) is 7.00. The number of carbonyl (C=O) groups excluding carboxylic acids is 2. The number of hydrogen-bond acceptors (Lipinski definition) is 4. The largest absolute Gasteiger partial charge is 0.516 e. The average molecular weight is 391 g/mol. The molecule has 0 radical (unpaired) electrons. The van der Waals surface area contributed by atoms with Crippen LogP contribution in [0.3, 0.4) is 0 Å². The highest BCUT2D eigenvalue weighted by atomic mass is 16.7. The van der Waals surface area contributed by atoms with Crippen LogP contribution in [0.1, 0.15) is 96.0 Å². The summed E-state index contributed by atoms with van der Waals surface area (Å²) in [5, 5.41) is 0. The molecule has 4 heteroatoms. The minimum atomic E-state index is -0.885. The lowest BCUT2D eigenvalue weighted by Crippen LogP contribution is -2.13. The molecule has 0 amide bonds. The Balaban J connectivity index is 1.77. The van der Waals surface area contributed by atoms with E-state index in [4.69, 9.17) is 0 Å². The van der Waals surface area contributed by atoms with Crippen molar-refractivity contribution in [3.05, 3.63) is 35.9 Å². The molecule has 0 fully saturated rings. The molecule has 0 aliphatic heterocycles. The van der Waals surface area contributed by atoms with Gasteiger partial charge in [0.15, 0.2) is 0 Å². The fraction of sp³-hybridized carbons (Fsp3) is 0.667. The van der Waals surface area contributed by atoms with Crippen LogP contribution in [0.5, 0.6) is 0 Å². The number of esters is 1. The van der Waals surface area contributed by atoms with Crippen molar-refractivity contribution in [3.63, 3.8) is 0 Å². The van der Waals surface area contributed by atoms with Crippen LogP contribution in [0.2, 0.25) is 0 Å². The zero-order valence-corrected chi connectivity index (χ0v) is 17.6. The first-order valence-electron chi connectivity index (χ1n) is 11.1. The zero-order chi connectivity index (χ0) is 20.3. The Hall–Kier alpha value is -1.84. The van der Waals surface area contributed by atoms with Crippen LogP contribution in [0.4, 0.5) is 4.79 Å². The molecule has 1 aromatic carbocycles. The maximum absolute atomic E-state index is 11.4. The van der Waals surface area contributed by atoms with Crippen LogP contribution >= 0.6 is 0 Å². The van der Waals surface area contributed by atoms with E-state index in [1.165, 1.54) is 69.8 Å². The molecule has 0 spiro atoms. The van der Waals surface area contributed by atoms with E-state index in [0.29, 0.717) is 6.42 Å². The van der Waals surface area contributed by atoms with Crippen molar-refractivity contribution in [2.45, 2.75) is 96.8 Å². The van der Waals surface area contributed by atoms with E-state index in [1.807, 2.05) is 0 Å². The third-order valence-electron chi connectivity index (χ3n) is 4.90. The smallest absolute Gasteiger partial charge is 0.434 e. The third-order valence-corrected chi connectivity index (χ3v) is 4.90. The maximum atomic E-state index is 11.4. The summed E-state index contributed by atoms with van der Waals surface area (Å²) in [5.74, 6) is -0.484. The Morgan fingerprint density at radius 3 is 1.75 bits per heavy atom. The molecular weight excluding hydrogens is 352 g/mol. The summed E-state index contributed by atoms with van der Waals surface area (Å²) in [5.41, 5.74) is 1.46. The first-order chi connectivity index (χ1) is 13.7. The summed E-state index contributed by atoms with van der Waals surface area (Å²) in [4.78, 5) is 22.4. The Labute approximate surface area is 171 Å². The molecular formula is C24H38O4. The SMILES string of the molecule is CCOC(=O)OC(=O)CCCCCCCCCCCCCCc1ccccc1. The molecule has 28 heavy (non-hydrogen) atoms. The summed E-state index contributed by atoms with van der Waals surface area (Å²) in [6.45, 7) is 1.90. The second-order valence-corrected chi connectivity index (χ2v) is 7.39. The lowest BCUT2D eigenvalue weighted by atomic mass is 10.0. The van der Waals surface area contributed by atoms with Crippen LogP contribution in [-0.4, -0.2) is 18.7 Å². The van der Waals surface area contributed by atoms with E-state index in [9.17, 15) is 9.59 Å². The minimum absolute atomic E-state index is 0.223. The van der Waals surface area contributed by atoms with E-state index in [2.05, 4.69) is 39.8 Å². The molecule has 4 nitrogen and oxygen atoms in total. The molecule has 0 aliphatic rings. The van der Waals surface area contributed by atoms with E-state index in [-0.39, 0.29) is 6.61 Å². The van der Waals surface area contributed by atoms with Gasteiger partial charge < -0.3 is 9.47 Å². The lowest BCUT2D eigenvalue weighted by Gasteiger charge is -2.04. The average Bonchev–Trinajstić information content (AvgIpc) is 2.69. The Kier molecular flexibility index (Phi) is 14.9. The van der Waals surface area contributed by atoms with E-state index >= 15 is 0 Å². The molecule has 0 heterocycles. The standard InChI is InChI=1S/C24H38O4/c1-2-27-24(26)28-23(25)21-17-12-10-8-6-4-3-5-7-9-11-14-18-22-19-15-13-16-20-22/h13,15-16,19-20H,2-12,14,17-18,21H2,1H3. The van der Waals surface area contributed by atoms with Crippen molar-refractivity contribution in [2.24, 2.45) is 0 Å². The van der Waals surface area contributed by atoms with Crippen molar-refractivity contribution in [2.75, 3.05) is 6.61 Å². The highest BCUT2D eigenvalue weighted by molar-refractivity contribution is 5.81. The Morgan fingerprint density at radius 1 is 0.714 bits per heavy atom. The summed E-state index contributed by atoms with van der Waals surface area (Å²) in [7, 11) is 0. The van der Waals surface area contributed by atoms with Gasteiger partial charge in [0.2, 0.25) is 0 Å². The van der Waals surface area contributed by atoms with Gasteiger partial charge in [-0.2, -0.15) is 0 Å². The van der Waals surface area contributed by atoms with Crippen molar-refractivity contribution >= 4 is 12.1 Å². The fourth-order valence-electron chi connectivity index (χ4n) is 3.30. The molecule has 1 rings (SSSR count). The summed E-state index contributed by atoms with van der Waals surface area (Å²) in [6.07, 6.45) is 15.4. The summed E-state index contributed by atoms with van der Waals surface area (Å²) < 4.78 is 9.09. The van der Waals surface area contributed by atoms with Gasteiger partial charge in [0.1, 0.15) is 0 Å². The topological polar surface area (TPSA) is 52.6 Å². The monoisotopic (exact) mass is 390 g/mol. The van der Waals surface area contributed by atoms with Gasteiger partial charge in [0.05, 0.1) is 6.61 Å². The summed E-state index contributed by atoms with van der Waals surface area (Å²) in [6, 6.07) is 10.8. The molecule has 0 saturated heterocycles. The number of hydrogen-bond donors (Lipinski definition) is 0. The van der Waals surface area contributed by atoms with E-state index in [0.717, 1.165) is 19.3 Å². The number of aryl methyl sites for hydroxylation is 1. The fourth-order valence-corrected chi connectivity index (χ4v) is 3.30. The second-order valence-electron chi connectivity index (χ2n) is 7.39. The molecule has 0 N–H and O–H groups in total. The maximum Gasteiger partial charge on any atom is 0.516 e. The highest BCUT2D eigenvalue weighted by Gasteiger charge is 2.10. The molecule has 0 atom stereocenters. The van der Waals surface area contributed by atoms with Crippen molar-refractivity contribution in [3.8, 4) is 0 Å². The van der Waals surface area contributed by atoms with E-state index in [1.54, 1.807) is 6.92 Å². The number of unbranched alkanes of at least 4 members (excludes halogenated alkanes) is 11. The lowest BCUT2D eigenvalue weighted by molar-refractivity contribution is -0.139. The van der Waals surface area contributed by atoms with Gasteiger partial charge in [-0.1, -0.05) is 94.5 Å². The highest BCUT2D eigenvalue weighted by Crippen LogP contribution is 2.13. The quantitative estimate of drug-likeness (QED) is 0.173. The number of ether oxygens (including phenoxy) is 2. The molecule has 0 bridgehead atoms. The number of rotatable bonds is 16. The molecule has 0 aliphatic carbocycles. The van der Waals surface area contributed by atoms with Gasteiger partial charge in [-0.25, -0.2) is 4.79 Å². The van der Waals surface area contributed by atoms with Gasteiger partial charge in [-0.15, -0.1) is 0 Å². The molecule has 158 valence electrons. The first kappa shape index (κ1) is 24.2. The van der Waals surface area contributed by atoms with Crippen molar-refractivity contribution in [1.82, 2.24) is 0 Å². The Bertz CT molecular complexity index is 513. The zero-order valence-electron chi connectivity index (χ0n) is 17.6. The van der Waals surface area contributed by atoms with E-state index < -0.39 is 12.1 Å².